The van der Waals surface area contributed by atoms with Gasteiger partial charge in [0.15, 0.2) is 0 Å². The first-order valence-corrected chi connectivity index (χ1v) is 7.29. The highest BCUT2D eigenvalue weighted by Crippen LogP contribution is 2.23. The molecule has 1 atom stereocenters. The largest absolute Gasteiger partial charge is 0.319 e. The Morgan fingerprint density at radius 3 is 3.06 bits per heavy atom. The van der Waals surface area contributed by atoms with Crippen LogP contribution in [0.4, 0.5) is 4.39 Å². The number of nitrogens with one attached hydrogen (secondary N) is 1. The van der Waals surface area contributed by atoms with E-state index in [-0.39, 0.29) is 5.82 Å². The SMILES string of the molecule is CNCC1CCCN(Cc2ccc(F)cc2Br)C1. The average Bonchev–Trinajstić information content (AvgIpc) is 2.34. The Morgan fingerprint density at radius 1 is 1.50 bits per heavy atom. The first-order chi connectivity index (χ1) is 8.69. The van der Waals surface area contributed by atoms with Gasteiger partial charge in [0.1, 0.15) is 5.82 Å². The Balaban J connectivity index is 1.96. The first kappa shape index (κ1) is 14.0. The van der Waals surface area contributed by atoms with E-state index in [1.54, 1.807) is 6.07 Å². The van der Waals surface area contributed by atoms with E-state index in [0.717, 1.165) is 36.6 Å². The predicted molar refractivity (Wildman–Crippen MR) is 76.0 cm³/mol. The fraction of sp³-hybridized carbons (Fsp3) is 0.571. The molecule has 100 valence electrons. The molecule has 2 rings (SSSR count). The summed E-state index contributed by atoms with van der Waals surface area (Å²) in [5, 5.41) is 3.26. The molecule has 1 fully saturated rings. The fourth-order valence-corrected chi connectivity index (χ4v) is 3.12. The quantitative estimate of drug-likeness (QED) is 0.919. The summed E-state index contributed by atoms with van der Waals surface area (Å²) in [6.45, 7) is 4.26. The second-order valence-electron chi connectivity index (χ2n) is 5.04. The third kappa shape index (κ3) is 3.77. The normalized spacial score (nSPS) is 21.2. The van der Waals surface area contributed by atoms with Crippen molar-refractivity contribution >= 4 is 15.9 Å². The molecule has 1 aromatic rings. The zero-order chi connectivity index (χ0) is 13.0. The van der Waals surface area contributed by atoms with Crippen LogP contribution in [0.5, 0.6) is 0 Å². The van der Waals surface area contributed by atoms with Crippen molar-refractivity contribution in [3.05, 3.63) is 34.1 Å². The lowest BCUT2D eigenvalue weighted by molar-refractivity contribution is 0.166. The highest BCUT2D eigenvalue weighted by molar-refractivity contribution is 9.10. The highest BCUT2D eigenvalue weighted by Gasteiger charge is 2.19. The van der Waals surface area contributed by atoms with Crippen molar-refractivity contribution in [3.8, 4) is 0 Å². The number of hydrogen-bond acceptors (Lipinski definition) is 2. The van der Waals surface area contributed by atoms with Crippen LogP contribution in [0, 0.1) is 11.7 Å². The van der Waals surface area contributed by atoms with Crippen molar-refractivity contribution in [1.82, 2.24) is 10.2 Å². The minimum absolute atomic E-state index is 0.183. The summed E-state index contributed by atoms with van der Waals surface area (Å²) < 4.78 is 13.9. The van der Waals surface area contributed by atoms with Gasteiger partial charge in [0, 0.05) is 17.6 Å². The van der Waals surface area contributed by atoms with Gasteiger partial charge in [-0.15, -0.1) is 0 Å². The summed E-state index contributed by atoms with van der Waals surface area (Å²) in [6, 6.07) is 4.96. The molecular weight excluding hydrogens is 295 g/mol. The molecule has 1 aromatic carbocycles. The molecule has 1 N–H and O–H groups in total. The molecule has 0 spiro atoms. The highest BCUT2D eigenvalue weighted by atomic mass is 79.9. The van der Waals surface area contributed by atoms with E-state index in [1.165, 1.54) is 24.5 Å². The summed E-state index contributed by atoms with van der Waals surface area (Å²) in [4.78, 5) is 2.46. The lowest BCUT2D eigenvalue weighted by atomic mass is 9.97. The van der Waals surface area contributed by atoms with Gasteiger partial charge < -0.3 is 5.32 Å². The van der Waals surface area contributed by atoms with Crippen molar-refractivity contribution in [2.24, 2.45) is 5.92 Å². The first-order valence-electron chi connectivity index (χ1n) is 6.50. The van der Waals surface area contributed by atoms with Crippen molar-refractivity contribution in [2.75, 3.05) is 26.7 Å². The molecule has 4 heteroatoms. The van der Waals surface area contributed by atoms with Crippen molar-refractivity contribution in [2.45, 2.75) is 19.4 Å². The van der Waals surface area contributed by atoms with Crippen LogP contribution in [-0.2, 0) is 6.54 Å². The zero-order valence-electron chi connectivity index (χ0n) is 10.8. The summed E-state index contributed by atoms with van der Waals surface area (Å²) in [7, 11) is 2.01. The Bertz CT molecular complexity index is 395. The summed E-state index contributed by atoms with van der Waals surface area (Å²) in [5.41, 5.74) is 1.17. The molecule has 1 aliphatic heterocycles. The third-order valence-electron chi connectivity index (χ3n) is 3.50. The second-order valence-corrected chi connectivity index (χ2v) is 5.89. The van der Waals surface area contributed by atoms with Crippen LogP contribution in [0.2, 0.25) is 0 Å². The van der Waals surface area contributed by atoms with Gasteiger partial charge in [0.25, 0.3) is 0 Å². The molecule has 1 unspecified atom stereocenters. The molecule has 0 saturated carbocycles. The Kier molecular flexibility index (Phi) is 5.15. The maximum atomic E-state index is 13.0. The maximum absolute atomic E-state index is 13.0. The summed E-state index contributed by atoms with van der Waals surface area (Å²) >= 11 is 3.44. The Labute approximate surface area is 117 Å². The van der Waals surface area contributed by atoms with Gasteiger partial charge in [-0.2, -0.15) is 0 Å². The molecule has 1 heterocycles. The van der Waals surface area contributed by atoms with Crippen LogP contribution in [0.25, 0.3) is 0 Å². The standard InChI is InChI=1S/C14H20BrFN2/c1-17-8-11-3-2-6-18(9-11)10-12-4-5-13(16)7-14(12)15/h4-5,7,11,17H,2-3,6,8-10H2,1H3. The second kappa shape index (κ2) is 6.64. The smallest absolute Gasteiger partial charge is 0.124 e. The topological polar surface area (TPSA) is 15.3 Å². The molecule has 0 amide bonds. The van der Waals surface area contributed by atoms with Gasteiger partial charge in [-0.05, 0) is 56.6 Å². The number of likely N-dealkylation sites (tertiary alicyclic amines) is 1. The van der Waals surface area contributed by atoms with Crippen LogP contribution >= 0.6 is 15.9 Å². The monoisotopic (exact) mass is 314 g/mol. The molecule has 1 aliphatic rings. The van der Waals surface area contributed by atoms with Gasteiger partial charge in [0.2, 0.25) is 0 Å². The minimum Gasteiger partial charge on any atom is -0.319 e. The lowest BCUT2D eigenvalue weighted by Crippen LogP contribution is -2.38. The number of rotatable bonds is 4. The molecule has 0 radical (unpaired) electrons. The van der Waals surface area contributed by atoms with E-state index < -0.39 is 0 Å². The van der Waals surface area contributed by atoms with E-state index in [1.807, 2.05) is 13.1 Å². The fourth-order valence-electron chi connectivity index (χ4n) is 2.64. The summed E-state index contributed by atoms with van der Waals surface area (Å²) in [5.74, 6) is 0.556. The molecule has 18 heavy (non-hydrogen) atoms. The van der Waals surface area contributed by atoms with Crippen molar-refractivity contribution in [3.63, 3.8) is 0 Å². The van der Waals surface area contributed by atoms with Gasteiger partial charge in [-0.3, -0.25) is 4.90 Å². The van der Waals surface area contributed by atoms with Crippen LogP contribution in [0.1, 0.15) is 18.4 Å². The molecule has 0 aliphatic carbocycles. The van der Waals surface area contributed by atoms with Gasteiger partial charge in [-0.25, -0.2) is 4.39 Å². The van der Waals surface area contributed by atoms with E-state index in [4.69, 9.17) is 0 Å². The molecule has 2 nitrogen and oxygen atoms in total. The van der Waals surface area contributed by atoms with Crippen molar-refractivity contribution < 1.29 is 4.39 Å². The van der Waals surface area contributed by atoms with Gasteiger partial charge in [0.05, 0.1) is 0 Å². The lowest BCUT2D eigenvalue weighted by Gasteiger charge is -2.32. The Morgan fingerprint density at radius 2 is 2.33 bits per heavy atom. The van der Waals surface area contributed by atoms with E-state index in [9.17, 15) is 4.39 Å². The minimum atomic E-state index is -0.183. The summed E-state index contributed by atoms with van der Waals surface area (Å²) in [6.07, 6.45) is 2.56. The third-order valence-corrected chi connectivity index (χ3v) is 4.24. The maximum Gasteiger partial charge on any atom is 0.124 e. The molecule has 0 aromatic heterocycles. The molecule has 0 bridgehead atoms. The zero-order valence-corrected chi connectivity index (χ0v) is 12.3. The Hall–Kier alpha value is -0.450. The van der Waals surface area contributed by atoms with E-state index >= 15 is 0 Å². The molecular formula is C14H20BrFN2. The van der Waals surface area contributed by atoms with Crippen LogP contribution in [-0.4, -0.2) is 31.6 Å². The van der Waals surface area contributed by atoms with Gasteiger partial charge >= 0.3 is 0 Å². The van der Waals surface area contributed by atoms with Crippen LogP contribution < -0.4 is 5.32 Å². The number of hydrogen-bond donors (Lipinski definition) is 1. The number of halogens is 2. The average molecular weight is 315 g/mol. The van der Waals surface area contributed by atoms with Gasteiger partial charge in [-0.1, -0.05) is 22.0 Å². The van der Waals surface area contributed by atoms with Crippen LogP contribution in [0.15, 0.2) is 22.7 Å². The molecule has 1 saturated heterocycles. The van der Waals surface area contributed by atoms with E-state index in [2.05, 4.69) is 26.1 Å². The number of piperidine rings is 1. The number of nitrogens with zero attached hydrogens (tertiary/aromatic N) is 1. The predicted octanol–water partition coefficient (Wildman–Crippen LogP) is 3.02. The number of benzene rings is 1. The van der Waals surface area contributed by atoms with Crippen molar-refractivity contribution in [1.29, 1.82) is 0 Å². The van der Waals surface area contributed by atoms with Crippen LogP contribution in [0.3, 0.4) is 0 Å². The van der Waals surface area contributed by atoms with E-state index in [0.29, 0.717) is 0 Å².